The number of fused-ring (bicyclic) bond motifs is 1. The molecule has 0 spiro atoms. The molecule has 0 atom stereocenters. The van der Waals surface area contributed by atoms with Crippen LogP contribution in [-0.4, -0.2) is 33.7 Å². The van der Waals surface area contributed by atoms with E-state index < -0.39 is 0 Å². The molecule has 0 aliphatic carbocycles. The average molecular weight is 401 g/mol. The molecule has 4 rings (SSSR count). The highest BCUT2D eigenvalue weighted by Gasteiger charge is 2.23. The summed E-state index contributed by atoms with van der Waals surface area (Å²) in [6.45, 7) is 3.23. The van der Waals surface area contributed by atoms with Crippen molar-refractivity contribution in [3.63, 3.8) is 0 Å². The molecule has 3 heterocycles. The Hall–Kier alpha value is -1.79. The minimum absolute atomic E-state index is 0.00917. The van der Waals surface area contributed by atoms with Gasteiger partial charge in [0.05, 0.1) is 17.0 Å². The molecule has 0 bridgehead atoms. The van der Waals surface area contributed by atoms with Crippen LogP contribution in [0, 0.1) is 0 Å². The zero-order valence-electron chi connectivity index (χ0n) is 14.1. The first-order valence-electron chi connectivity index (χ1n) is 8.82. The van der Waals surface area contributed by atoms with Gasteiger partial charge in [0.1, 0.15) is 0 Å². The van der Waals surface area contributed by atoms with E-state index in [2.05, 4.69) is 42.9 Å². The second-order valence-electron chi connectivity index (χ2n) is 6.68. The van der Waals surface area contributed by atoms with Crippen LogP contribution in [0.4, 0.5) is 0 Å². The maximum absolute atomic E-state index is 12.6. The number of hydrogen-bond acceptors (Lipinski definition) is 4. The molecular weight excluding hydrogens is 380 g/mol. The topological polar surface area (TPSA) is 61.4 Å². The van der Waals surface area contributed by atoms with Gasteiger partial charge in [-0.05, 0) is 30.9 Å². The quantitative estimate of drug-likeness (QED) is 0.860. The van der Waals surface area contributed by atoms with Crippen LogP contribution in [0.1, 0.15) is 41.9 Å². The highest BCUT2D eigenvalue weighted by atomic mass is 79.9. The fourth-order valence-corrected chi connectivity index (χ4v) is 3.92. The maximum Gasteiger partial charge on any atom is 0.255 e. The van der Waals surface area contributed by atoms with Gasteiger partial charge in [0.15, 0.2) is 5.82 Å². The van der Waals surface area contributed by atoms with Crippen molar-refractivity contribution < 1.29 is 0 Å². The number of aliphatic imine (C=N–C) groups is 1. The van der Waals surface area contributed by atoms with Crippen molar-refractivity contribution in [2.24, 2.45) is 4.99 Å². The molecule has 2 aromatic rings. The standard InChI is InChI=1S/C19H21BrN4O/c20-15-6-2-1-5-13(15)11-24-10-8-16-14(12-24)19(25)23-18(22-16)17-7-3-4-9-21-17/h1-2,5-6H,3-4,7-12H2,(H,22,23,25). The number of rotatable bonds is 3. The number of H-pyrrole nitrogens is 1. The average Bonchev–Trinajstić information content (AvgIpc) is 2.65. The number of aromatic nitrogens is 2. The molecule has 1 aromatic heterocycles. The van der Waals surface area contributed by atoms with Crippen molar-refractivity contribution >= 4 is 21.6 Å². The summed E-state index contributed by atoms with van der Waals surface area (Å²) in [6.07, 6.45) is 3.97. The second-order valence-corrected chi connectivity index (χ2v) is 7.53. The van der Waals surface area contributed by atoms with Gasteiger partial charge in [-0.25, -0.2) is 4.98 Å². The van der Waals surface area contributed by atoms with Gasteiger partial charge in [-0.1, -0.05) is 34.1 Å². The van der Waals surface area contributed by atoms with E-state index in [1.165, 1.54) is 5.56 Å². The van der Waals surface area contributed by atoms with Gasteiger partial charge in [0.25, 0.3) is 5.56 Å². The molecule has 2 aliphatic heterocycles. The van der Waals surface area contributed by atoms with Crippen LogP contribution >= 0.6 is 15.9 Å². The Bertz CT molecular complexity index is 874. The molecule has 0 radical (unpaired) electrons. The number of hydrogen-bond donors (Lipinski definition) is 1. The Morgan fingerprint density at radius 1 is 1.20 bits per heavy atom. The Labute approximate surface area is 155 Å². The highest BCUT2D eigenvalue weighted by molar-refractivity contribution is 9.10. The lowest BCUT2D eigenvalue weighted by atomic mass is 10.0. The largest absolute Gasteiger partial charge is 0.305 e. The van der Waals surface area contributed by atoms with Crippen LogP contribution in [0.15, 0.2) is 38.5 Å². The fourth-order valence-electron chi connectivity index (χ4n) is 3.51. The molecule has 2 aliphatic rings. The van der Waals surface area contributed by atoms with E-state index in [-0.39, 0.29) is 5.56 Å². The Balaban J connectivity index is 1.56. The molecule has 6 heteroatoms. The number of benzene rings is 1. The molecule has 0 fully saturated rings. The Morgan fingerprint density at radius 3 is 2.88 bits per heavy atom. The molecular formula is C19H21BrN4O. The third kappa shape index (κ3) is 3.60. The molecule has 0 saturated carbocycles. The first-order valence-corrected chi connectivity index (χ1v) is 9.61. The Morgan fingerprint density at radius 2 is 2.08 bits per heavy atom. The second kappa shape index (κ2) is 7.22. The molecule has 0 saturated heterocycles. The zero-order chi connectivity index (χ0) is 17.2. The normalized spacial score (nSPS) is 17.9. The van der Waals surface area contributed by atoms with Crippen LogP contribution < -0.4 is 5.56 Å². The van der Waals surface area contributed by atoms with E-state index in [4.69, 9.17) is 4.98 Å². The molecule has 0 amide bonds. The summed E-state index contributed by atoms with van der Waals surface area (Å²) in [4.78, 5) is 27.1. The summed E-state index contributed by atoms with van der Waals surface area (Å²) in [5.41, 5.74) is 3.93. The van der Waals surface area contributed by atoms with Crippen LogP contribution in [0.2, 0.25) is 0 Å². The van der Waals surface area contributed by atoms with Crippen molar-refractivity contribution in [3.8, 4) is 0 Å². The molecule has 5 nitrogen and oxygen atoms in total. The number of halogens is 1. The summed E-state index contributed by atoms with van der Waals surface area (Å²) in [5.74, 6) is 0.683. The molecule has 130 valence electrons. The minimum atomic E-state index is -0.00917. The van der Waals surface area contributed by atoms with Crippen LogP contribution in [-0.2, 0) is 19.5 Å². The van der Waals surface area contributed by atoms with Crippen LogP contribution in [0.5, 0.6) is 0 Å². The van der Waals surface area contributed by atoms with E-state index in [1.807, 2.05) is 12.1 Å². The molecule has 0 unspecified atom stereocenters. The van der Waals surface area contributed by atoms with Crippen LogP contribution in [0.3, 0.4) is 0 Å². The minimum Gasteiger partial charge on any atom is -0.305 e. The van der Waals surface area contributed by atoms with Crippen molar-refractivity contribution in [1.29, 1.82) is 0 Å². The summed E-state index contributed by atoms with van der Waals surface area (Å²) < 4.78 is 1.11. The Kier molecular flexibility index (Phi) is 4.81. The molecule has 25 heavy (non-hydrogen) atoms. The molecule has 1 N–H and O–H groups in total. The number of nitrogens with one attached hydrogen (secondary N) is 1. The summed E-state index contributed by atoms with van der Waals surface area (Å²) in [5, 5.41) is 0. The first-order chi connectivity index (χ1) is 12.2. The third-order valence-electron chi connectivity index (χ3n) is 4.90. The van der Waals surface area contributed by atoms with E-state index in [9.17, 15) is 4.79 Å². The van der Waals surface area contributed by atoms with Crippen LogP contribution in [0.25, 0.3) is 0 Å². The highest BCUT2D eigenvalue weighted by Crippen LogP contribution is 2.21. The van der Waals surface area contributed by atoms with Gasteiger partial charge in [0.2, 0.25) is 0 Å². The van der Waals surface area contributed by atoms with Crippen molar-refractivity contribution in [2.45, 2.75) is 38.8 Å². The van der Waals surface area contributed by atoms with Crippen molar-refractivity contribution in [3.05, 3.63) is 61.7 Å². The SMILES string of the molecule is O=c1[nH]c(C2=NCCCC2)nc2c1CN(Cc1ccccc1Br)CC2. The predicted octanol–water partition coefficient (Wildman–Crippen LogP) is 3.06. The predicted molar refractivity (Wildman–Crippen MR) is 102 cm³/mol. The van der Waals surface area contributed by atoms with Gasteiger partial charge < -0.3 is 4.98 Å². The van der Waals surface area contributed by atoms with E-state index in [0.29, 0.717) is 12.4 Å². The smallest absolute Gasteiger partial charge is 0.255 e. The van der Waals surface area contributed by atoms with Gasteiger partial charge in [-0.3, -0.25) is 14.7 Å². The van der Waals surface area contributed by atoms with Crippen molar-refractivity contribution in [2.75, 3.05) is 13.1 Å². The zero-order valence-corrected chi connectivity index (χ0v) is 15.7. The van der Waals surface area contributed by atoms with Crippen molar-refractivity contribution in [1.82, 2.24) is 14.9 Å². The van der Waals surface area contributed by atoms with E-state index >= 15 is 0 Å². The molecule has 1 aromatic carbocycles. The van der Waals surface area contributed by atoms with Gasteiger partial charge in [-0.15, -0.1) is 0 Å². The maximum atomic E-state index is 12.6. The van der Waals surface area contributed by atoms with Gasteiger partial charge >= 0.3 is 0 Å². The monoisotopic (exact) mass is 400 g/mol. The third-order valence-corrected chi connectivity index (χ3v) is 5.67. The lowest BCUT2D eigenvalue weighted by Crippen LogP contribution is -2.36. The lowest BCUT2D eigenvalue weighted by Gasteiger charge is -2.28. The lowest BCUT2D eigenvalue weighted by molar-refractivity contribution is 0.241. The summed E-state index contributed by atoms with van der Waals surface area (Å²) in [6, 6.07) is 8.23. The fraction of sp³-hybridized carbons (Fsp3) is 0.421. The first kappa shape index (κ1) is 16.7. The van der Waals surface area contributed by atoms with E-state index in [0.717, 1.165) is 66.8 Å². The van der Waals surface area contributed by atoms with Gasteiger partial charge in [-0.2, -0.15) is 0 Å². The summed E-state index contributed by atoms with van der Waals surface area (Å²) in [7, 11) is 0. The van der Waals surface area contributed by atoms with E-state index in [1.54, 1.807) is 0 Å². The number of nitrogens with zero attached hydrogens (tertiary/aromatic N) is 3. The number of aromatic amines is 1. The van der Waals surface area contributed by atoms with Gasteiger partial charge in [0, 0.05) is 37.1 Å². The summed E-state index contributed by atoms with van der Waals surface area (Å²) >= 11 is 3.60.